The number of anilines is 1. The number of halogens is 1. The van der Waals surface area contributed by atoms with Gasteiger partial charge < -0.3 is 15.7 Å². The van der Waals surface area contributed by atoms with Gasteiger partial charge >= 0.3 is 5.97 Å². The standard InChI is InChI=1S/C18H25FN2O4S/c1-11(2)18(4,9-16(23)24)21-17(25)12(3)26-10-15(22)20-14-7-5-13(19)6-8-14/h5-8,11-12H,9-10H2,1-4H3,(H,20,22)(H,21,25)(H,23,24). The van der Waals surface area contributed by atoms with Gasteiger partial charge in [0.25, 0.3) is 0 Å². The topological polar surface area (TPSA) is 95.5 Å². The zero-order valence-electron chi connectivity index (χ0n) is 15.3. The van der Waals surface area contributed by atoms with Crippen molar-refractivity contribution in [1.29, 1.82) is 0 Å². The third-order valence-electron chi connectivity index (χ3n) is 4.16. The summed E-state index contributed by atoms with van der Waals surface area (Å²) in [4.78, 5) is 35.3. The number of carbonyl (C=O) groups excluding carboxylic acids is 2. The van der Waals surface area contributed by atoms with Crippen molar-refractivity contribution in [2.24, 2.45) is 5.92 Å². The summed E-state index contributed by atoms with van der Waals surface area (Å²) in [5.41, 5.74) is -0.392. The first-order valence-electron chi connectivity index (χ1n) is 8.24. The van der Waals surface area contributed by atoms with Crippen LogP contribution in [0.2, 0.25) is 0 Å². The van der Waals surface area contributed by atoms with Gasteiger partial charge in [0, 0.05) is 11.2 Å². The molecule has 0 aromatic heterocycles. The van der Waals surface area contributed by atoms with Crippen molar-refractivity contribution in [2.75, 3.05) is 11.1 Å². The minimum atomic E-state index is -0.986. The maximum absolute atomic E-state index is 12.8. The number of hydrogen-bond donors (Lipinski definition) is 3. The third kappa shape index (κ3) is 7.03. The molecule has 0 aliphatic heterocycles. The van der Waals surface area contributed by atoms with E-state index in [0.717, 1.165) is 11.8 Å². The lowest BCUT2D eigenvalue weighted by Gasteiger charge is -2.34. The van der Waals surface area contributed by atoms with Crippen LogP contribution in [0.5, 0.6) is 0 Å². The number of amides is 2. The summed E-state index contributed by atoms with van der Waals surface area (Å²) in [5, 5.41) is 13.9. The van der Waals surface area contributed by atoms with E-state index in [1.807, 2.05) is 13.8 Å². The maximum atomic E-state index is 12.8. The minimum absolute atomic E-state index is 0.0449. The van der Waals surface area contributed by atoms with E-state index in [9.17, 15) is 18.8 Å². The van der Waals surface area contributed by atoms with E-state index in [2.05, 4.69) is 10.6 Å². The van der Waals surface area contributed by atoms with E-state index in [0.29, 0.717) is 5.69 Å². The Kier molecular flexibility index (Phi) is 8.08. The second-order valence-electron chi connectivity index (χ2n) is 6.64. The largest absolute Gasteiger partial charge is 0.481 e. The Balaban J connectivity index is 2.53. The summed E-state index contributed by atoms with van der Waals surface area (Å²) in [5.74, 6) is -2.02. The number of carboxylic acid groups (broad SMARTS) is 1. The van der Waals surface area contributed by atoms with Crippen molar-refractivity contribution < 1.29 is 23.9 Å². The van der Waals surface area contributed by atoms with E-state index >= 15 is 0 Å². The number of rotatable bonds is 9. The number of carbonyl (C=O) groups is 3. The molecule has 0 aliphatic carbocycles. The van der Waals surface area contributed by atoms with Crippen LogP contribution in [0.3, 0.4) is 0 Å². The molecule has 6 nitrogen and oxygen atoms in total. The molecule has 2 amide bonds. The number of aliphatic carboxylic acids is 1. The zero-order valence-corrected chi connectivity index (χ0v) is 16.2. The quantitative estimate of drug-likeness (QED) is 0.608. The fourth-order valence-corrected chi connectivity index (χ4v) is 2.78. The van der Waals surface area contributed by atoms with Gasteiger partial charge in [-0.05, 0) is 44.0 Å². The molecular formula is C18H25FN2O4S. The summed E-state index contributed by atoms with van der Waals surface area (Å²) in [7, 11) is 0. The van der Waals surface area contributed by atoms with Crippen LogP contribution in [-0.4, -0.2) is 39.4 Å². The molecule has 0 saturated carbocycles. The zero-order chi connectivity index (χ0) is 19.9. The van der Waals surface area contributed by atoms with Crippen LogP contribution in [0.15, 0.2) is 24.3 Å². The van der Waals surface area contributed by atoms with Crippen LogP contribution in [0.4, 0.5) is 10.1 Å². The summed E-state index contributed by atoms with van der Waals surface area (Å²) in [6.07, 6.45) is -0.182. The molecule has 26 heavy (non-hydrogen) atoms. The van der Waals surface area contributed by atoms with Gasteiger partial charge in [-0.2, -0.15) is 0 Å². The lowest BCUT2D eigenvalue weighted by Crippen LogP contribution is -2.53. The van der Waals surface area contributed by atoms with Crippen LogP contribution in [0.1, 0.15) is 34.1 Å². The van der Waals surface area contributed by atoms with Crippen LogP contribution in [-0.2, 0) is 14.4 Å². The van der Waals surface area contributed by atoms with Crippen molar-refractivity contribution >= 4 is 35.2 Å². The van der Waals surface area contributed by atoms with Gasteiger partial charge in [-0.25, -0.2) is 4.39 Å². The van der Waals surface area contributed by atoms with Gasteiger partial charge in [0.05, 0.1) is 17.4 Å². The number of nitrogens with one attached hydrogen (secondary N) is 2. The minimum Gasteiger partial charge on any atom is -0.481 e. The number of carboxylic acids is 1. The molecule has 1 rings (SSSR count). The first kappa shape index (κ1) is 22.0. The van der Waals surface area contributed by atoms with Crippen molar-refractivity contribution in [3.8, 4) is 0 Å². The SMILES string of the molecule is CC(SCC(=O)Nc1ccc(F)cc1)C(=O)NC(C)(CC(=O)O)C(C)C. The summed E-state index contributed by atoms with van der Waals surface area (Å²) < 4.78 is 12.8. The monoisotopic (exact) mass is 384 g/mol. The van der Waals surface area contributed by atoms with Crippen LogP contribution in [0, 0.1) is 11.7 Å². The lowest BCUT2D eigenvalue weighted by atomic mass is 9.85. The van der Waals surface area contributed by atoms with Crippen LogP contribution >= 0.6 is 11.8 Å². The Morgan fingerprint density at radius 2 is 1.77 bits per heavy atom. The maximum Gasteiger partial charge on any atom is 0.305 e. The van der Waals surface area contributed by atoms with Crippen molar-refractivity contribution in [2.45, 2.75) is 44.9 Å². The highest BCUT2D eigenvalue weighted by atomic mass is 32.2. The molecule has 0 spiro atoms. The molecule has 1 aromatic carbocycles. The molecular weight excluding hydrogens is 359 g/mol. The smallest absolute Gasteiger partial charge is 0.305 e. The molecule has 2 unspecified atom stereocenters. The number of benzene rings is 1. The summed E-state index contributed by atoms with van der Waals surface area (Å²) in [6, 6.07) is 5.39. The third-order valence-corrected chi connectivity index (χ3v) is 5.31. The van der Waals surface area contributed by atoms with Crippen molar-refractivity contribution in [3.05, 3.63) is 30.1 Å². The Hall–Kier alpha value is -2.09. The molecule has 2 atom stereocenters. The molecule has 1 aromatic rings. The molecule has 3 N–H and O–H groups in total. The van der Waals surface area contributed by atoms with Gasteiger partial charge in [0.2, 0.25) is 11.8 Å². The molecule has 0 heterocycles. The predicted octanol–water partition coefficient (Wildman–Crippen LogP) is 2.89. The molecule has 8 heteroatoms. The highest BCUT2D eigenvalue weighted by molar-refractivity contribution is 8.01. The van der Waals surface area contributed by atoms with Gasteiger partial charge in [0.1, 0.15) is 5.82 Å². The van der Waals surface area contributed by atoms with Crippen LogP contribution in [0.25, 0.3) is 0 Å². The van der Waals surface area contributed by atoms with Gasteiger partial charge in [-0.1, -0.05) is 13.8 Å². The average molecular weight is 384 g/mol. The van der Waals surface area contributed by atoms with Gasteiger partial charge in [-0.3, -0.25) is 14.4 Å². The normalized spacial score (nSPS) is 14.4. The number of hydrogen-bond acceptors (Lipinski definition) is 4. The summed E-state index contributed by atoms with van der Waals surface area (Å²) >= 11 is 1.14. The van der Waals surface area contributed by atoms with Crippen LogP contribution < -0.4 is 10.6 Å². The number of thioether (sulfide) groups is 1. The Labute approximate surface area is 156 Å². The Bertz CT molecular complexity index is 651. The fourth-order valence-electron chi connectivity index (χ4n) is 2.10. The molecule has 0 aliphatic rings. The molecule has 144 valence electrons. The average Bonchev–Trinajstić information content (AvgIpc) is 2.53. The van der Waals surface area contributed by atoms with Gasteiger partial charge in [-0.15, -0.1) is 11.8 Å². The first-order chi connectivity index (χ1) is 12.0. The highest BCUT2D eigenvalue weighted by Gasteiger charge is 2.34. The highest BCUT2D eigenvalue weighted by Crippen LogP contribution is 2.22. The molecule has 0 bridgehead atoms. The molecule has 0 saturated heterocycles. The second kappa shape index (κ2) is 9.56. The molecule has 0 radical (unpaired) electrons. The predicted molar refractivity (Wildman–Crippen MR) is 101 cm³/mol. The van der Waals surface area contributed by atoms with Crippen molar-refractivity contribution in [1.82, 2.24) is 5.32 Å². The lowest BCUT2D eigenvalue weighted by molar-refractivity contribution is -0.139. The van der Waals surface area contributed by atoms with Crippen molar-refractivity contribution in [3.63, 3.8) is 0 Å². The first-order valence-corrected chi connectivity index (χ1v) is 9.29. The van der Waals surface area contributed by atoms with E-state index < -0.39 is 22.6 Å². The van der Waals surface area contributed by atoms with E-state index in [-0.39, 0.29) is 29.9 Å². The fraction of sp³-hybridized carbons (Fsp3) is 0.500. The Morgan fingerprint density at radius 3 is 2.27 bits per heavy atom. The van der Waals surface area contributed by atoms with E-state index in [4.69, 9.17) is 5.11 Å². The van der Waals surface area contributed by atoms with E-state index in [1.165, 1.54) is 24.3 Å². The molecule has 0 fully saturated rings. The van der Waals surface area contributed by atoms with Gasteiger partial charge in [0.15, 0.2) is 0 Å². The van der Waals surface area contributed by atoms with E-state index in [1.54, 1.807) is 13.8 Å². The second-order valence-corrected chi connectivity index (χ2v) is 7.97. The Morgan fingerprint density at radius 1 is 1.19 bits per heavy atom. The summed E-state index contributed by atoms with van der Waals surface area (Å²) in [6.45, 7) is 7.04.